The van der Waals surface area contributed by atoms with Crippen LogP contribution in [-0.2, 0) is 16.6 Å². The van der Waals surface area contributed by atoms with Gasteiger partial charge in [0.1, 0.15) is 69.8 Å². The van der Waals surface area contributed by atoms with Crippen molar-refractivity contribution in [1.82, 2.24) is 0 Å². The zero-order chi connectivity index (χ0) is 46.8. The average Bonchev–Trinajstić information content (AvgIpc) is 3.23. The van der Waals surface area contributed by atoms with Crippen LogP contribution in [0.1, 0.15) is 5.56 Å². The second-order valence-electron chi connectivity index (χ2n) is 12.9. The van der Waals surface area contributed by atoms with Crippen molar-refractivity contribution in [3.05, 3.63) is 157 Å². The number of ether oxygens (including phenoxy) is 1. The minimum Gasteiger partial charge on any atom is -0.497 e. The lowest BCUT2D eigenvalue weighted by atomic mass is 9.12. The zero-order valence-corrected chi connectivity index (χ0v) is 31.1. The molecular formula is C37H15BF20O3S. The summed E-state index contributed by atoms with van der Waals surface area (Å²) >= 11 is 0. The van der Waals surface area contributed by atoms with Crippen LogP contribution >= 0.6 is 0 Å². The Morgan fingerprint density at radius 3 is 0.984 bits per heavy atom. The SMILES string of the molecule is COc1ccc2c(C[S+](C)C)cc(=O)oc2c1.Fc1c(F)c(F)c([B-](c2c(F)c(F)c(F)c(F)c2F)(c2c(F)c(F)c(F)c(F)c2F)c2c(F)c(F)c(F)c(F)c2F)c(F)c1F. The summed E-state index contributed by atoms with van der Waals surface area (Å²) in [6.07, 6.45) is -2.90. The molecule has 0 saturated carbocycles. The van der Waals surface area contributed by atoms with Gasteiger partial charge in [0, 0.05) is 23.1 Å². The van der Waals surface area contributed by atoms with Gasteiger partial charge >= 0.3 is 5.63 Å². The molecule has 62 heavy (non-hydrogen) atoms. The summed E-state index contributed by atoms with van der Waals surface area (Å²) in [6.45, 7) is 0. The predicted octanol–water partition coefficient (Wildman–Crippen LogP) is 8.03. The van der Waals surface area contributed by atoms with Crippen molar-refractivity contribution in [2.24, 2.45) is 0 Å². The molecule has 5 aromatic carbocycles. The Labute approximate surface area is 334 Å². The molecule has 3 nitrogen and oxygen atoms in total. The average molecular weight is 930 g/mol. The molecule has 0 aliphatic heterocycles. The first-order valence-corrected chi connectivity index (χ1v) is 18.4. The zero-order valence-electron chi connectivity index (χ0n) is 30.3. The molecule has 1 aromatic heterocycles. The first-order valence-electron chi connectivity index (χ1n) is 16.2. The van der Waals surface area contributed by atoms with E-state index in [0.717, 1.165) is 16.7 Å². The van der Waals surface area contributed by atoms with Crippen LogP contribution in [0.2, 0.25) is 0 Å². The molecule has 0 saturated heterocycles. The highest BCUT2D eigenvalue weighted by Gasteiger charge is 2.52. The van der Waals surface area contributed by atoms with E-state index in [2.05, 4.69) is 12.5 Å². The van der Waals surface area contributed by atoms with Crippen LogP contribution in [0.4, 0.5) is 87.8 Å². The fraction of sp³-hybridized carbons (Fsp3) is 0.108. The van der Waals surface area contributed by atoms with E-state index in [1.807, 2.05) is 12.1 Å². The monoisotopic (exact) mass is 930 g/mol. The highest BCUT2D eigenvalue weighted by Crippen LogP contribution is 2.31. The predicted molar refractivity (Wildman–Crippen MR) is 181 cm³/mol. The maximum atomic E-state index is 15.4. The summed E-state index contributed by atoms with van der Waals surface area (Å²) in [5, 5.41) is 0.992. The van der Waals surface area contributed by atoms with Gasteiger partial charge in [-0.1, -0.05) is 0 Å². The van der Waals surface area contributed by atoms with Gasteiger partial charge in [-0.15, -0.1) is 21.9 Å². The number of methoxy groups -OCH3 is 1. The van der Waals surface area contributed by atoms with Gasteiger partial charge in [-0.25, -0.2) is 92.6 Å². The summed E-state index contributed by atoms with van der Waals surface area (Å²) in [7, 11) is 1.85. The molecule has 0 amide bonds. The third-order valence-electron chi connectivity index (χ3n) is 9.19. The minimum atomic E-state index is -7.22. The smallest absolute Gasteiger partial charge is 0.336 e. The quantitative estimate of drug-likeness (QED) is 0.0407. The van der Waals surface area contributed by atoms with Crippen molar-refractivity contribution < 1.29 is 97.0 Å². The third kappa shape index (κ3) is 7.25. The second kappa shape index (κ2) is 17.1. The molecule has 0 bridgehead atoms. The van der Waals surface area contributed by atoms with Crippen molar-refractivity contribution in [3.8, 4) is 5.75 Å². The number of halogens is 20. The van der Waals surface area contributed by atoms with E-state index >= 15 is 35.1 Å². The number of rotatable bonds is 7. The normalized spacial score (nSPS) is 11.7. The molecule has 0 aliphatic rings. The fourth-order valence-corrected chi connectivity index (χ4v) is 7.50. The lowest BCUT2D eigenvalue weighted by Crippen LogP contribution is -2.81. The van der Waals surface area contributed by atoms with Gasteiger partial charge in [-0.3, -0.25) is 0 Å². The summed E-state index contributed by atoms with van der Waals surface area (Å²) in [4.78, 5) is 11.5. The Balaban J connectivity index is 0.000000355. The van der Waals surface area contributed by atoms with Crippen LogP contribution in [0.15, 0.2) is 33.5 Å². The van der Waals surface area contributed by atoms with E-state index < -0.39 is 144 Å². The van der Waals surface area contributed by atoms with Gasteiger partial charge in [0.25, 0.3) is 0 Å². The molecule has 330 valence electrons. The van der Waals surface area contributed by atoms with E-state index in [1.165, 1.54) is 0 Å². The highest BCUT2D eigenvalue weighted by molar-refractivity contribution is 7.94. The summed E-state index contributed by atoms with van der Waals surface area (Å²) in [5.74, 6) is -69.8. The summed E-state index contributed by atoms with van der Waals surface area (Å²) in [5.41, 5.74) is -13.0. The molecule has 6 rings (SSSR count). The highest BCUT2D eigenvalue weighted by atomic mass is 32.2. The van der Waals surface area contributed by atoms with Crippen LogP contribution in [0.3, 0.4) is 0 Å². The van der Waals surface area contributed by atoms with Crippen LogP contribution in [-0.4, -0.2) is 25.8 Å². The summed E-state index contributed by atoms with van der Waals surface area (Å²) in [6, 6.07) is 7.17. The molecule has 1 heterocycles. The van der Waals surface area contributed by atoms with Gasteiger partial charge in [0.05, 0.1) is 19.6 Å². The lowest BCUT2D eigenvalue weighted by Gasteiger charge is -2.44. The Morgan fingerprint density at radius 2 is 0.726 bits per heavy atom. The van der Waals surface area contributed by atoms with Crippen molar-refractivity contribution in [2.75, 3.05) is 19.6 Å². The van der Waals surface area contributed by atoms with Crippen molar-refractivity contribution in [1.29, 1.82) is 0 Å². The molecule has 0 spiro atoms. The number of fused-ring (bicyclic) bond motifs is 1. The van der Waals surface area contributed by atoms with Gasteiger partial charge in [-0.2, -0.15) is 0 Å². The molecular weight excluding hydrogens is 915 g/mol. The molecule has 0 N–H and O–H groups in total. The van der Waals surface area contributed by atoms with E-state index in [0.29, 0.717) is 11.3 Å². The molecule has 0 fully saturated rings. The Kier molecular flexibility index (Phi) is 13.0. The van der Waals surface area contributed by atoms with E-state index in [-0.39, 0.29) is 16.5 Å². The topological polar surface area (TPSA) is 39.4 Å². The van der Waals surface area contributed by atoms with E-state index in [9.17, 15) is 57.5 Å². The van der Waals surface area contributed by atoms with Gasteiger partial charge in [0.15, 0.2) is 69.8 Å². The lowest BCUT2D eigenvalue weighted by molar-refractivity contribution is 0.378. The van der Waals surface area contributed by atoms with Crippen LogP contribution in [0.25, 0.3) is 11.0 Å². The fourth-order valence-electron chi connectivity index (χ4n) is 6.64. The third-order valence-corrected chi connectivity index (χ3v) is 10.1. The van der Waals surface area contributed by atoms with E-state index in [1.54, 1.807) is 19.2 Å². The molecule has 0 unspecified atom stereocenters. The second-order valence-corrected chi connectivity index (χ2v) is 15.1. The van der Waals surface area contributed by atoms with Gasteiger partial charge in [0.2, 0.25) is 0 Å². The number of hydrogen-bond acceptors (Lipinski definition) is 3. The summed E-state index contributed by atoms with van der Waals surface area (Å²) < 4.78 is 304. The van der Waals surface area contributed by atoms with Crippen molar-refractivity contribution in [3.63, 3.8) is 0 Å². The maximum absolute atomic E-state index is 15.4. The molecule has 0 atom stereocenters. The van der Waals surface area contributed by atoms with Gasteiger partial charge in [-0.05, 0) is 23.0 Å². The Morgan fingerprint density at radius 1 is 0.452 bits per heavy atom. The number of hydrogen-bond donors (Lipinski definition) is 0. The molecule has 0 aliphatic carbocycles. The van der Waals surface area contributed by atoms with Crippen molar-refractivity contribution >= 4 is 49.9 Å². The standard InChI is InChI=1S/C24BF20.C13H15O3S/c26-5-1(6(27)14(35)21(42)13(5)34)25(2-7(28)15(36)22(43)16(37)8(2)29,3-9(30)17(38)23(44)18(39)10(3)31)4-11(32)19(40)24(45)20(41)12(4)33;1-15-10-4-5-11-9(8-17(2)3)6-13(14)16-12(11)7-10/h;4-7H,8H2,1-3H3/q-1;+1. The van der Waals surface area contributed by atoms with Crippen LogP contribution in [0.5, 0.6) is 5.75 Å². The Hall–Kier alpha value is -5.88. The first kappa shape index (κ1) is 47.2. The van der Waals surface area contributed by atoms with Crippen LogP contribution in [0, 0.1) is 116 Å². The minimum absolute atomic E-state index is 0.250. The molecule has 6 aromatic rings. The molecule has 0 radical (unpaired) electrons. The van der Waals surface area contributed by atoms with E-state index in [4.69, 9.17) is 9.15 Å². The maximum Gasteiger partial charge on any atom is 0.336 e. The number of benzene rings is 5. The van der Waals surface area contributed by atoms with Crippen molar-refractivity contribution in [2.45, 2.75) is 5.75 Å². The Bertz CT molecular complexity index is 2500. The molecule has 25 heteroatoms. The van der Waals surface area contributed by atoms with Gasteiger partial charge < -0.3 is 9.15 Å². The largest absolute Gasteiger partial charge is 0.497 e. The van der Waals surface area contributed by atoms with Crippen LogP contribution < -0.4 is 32.2 Å². The first-order chi connectivity index (χ1) is 28.8.